The Morgan fingerprint density at radius 1 is 1.03 bits per heavy atom. The Morgan fingerprint density at radius 2 is 1.76 bits per heavy atom. The molecule has 1 aliphatic rings. The van der Waals surface area contributed by atoms with Crippen molar-refractivity contribution in [2.75, 3.05) is 11.1 Å². The van der Waals surface area contributed by atoms with Gasteiger partial charge in [0.25, 0.3) is 0 Å². The summed E-state index contributed by atoms with van der Waals surface area (Å²) < 4.78 is 12.6. The van der Waals surface area contributed by atoms with Gasteiger partial charge in [-0.1, -0.05) is 48.2 Å². The number of aliphatic carboxylic acids is 1. The van der Waals surface area contributed by atoms with Crippen molar-refractivity contribution in [3.63, 3.8) is 0 Å². The number of carbonyl (C=O) groups excluding carboxylic acids is 1. The second kappa shape index (κ2) is 13.3. The zero-order valence-electron chi connectivity index (χ0n) is 20.2. The second-order valence-electron chi connectivity index (χ2n) is 8.72. The Kier molecular flexibility index (Phi) is 9.66. The maximum Gasteiger partial charge on any atom is 0.303 e. The number of ether oxygens (including phenoxy) is 2. The predicted octanol–water partition coefficient (Wildman–Crippen LogP) is 4.22. The number of amides is 1. The van der Waals surface area contributed by atoms with Gasteiger partial charge >= 0.3 is 5.97 Å². The van der Waals surface area contributed by atoms with Gasteiger partial charge in [0.05, 0.1) is 18.8 Å². The summed E-state index contributed by atoms with van der Waals surface area (Å²) in [7, 11) is 0. The van der Waals surface area contributed by atoms with E-state index in [-0.39, 0.29) is 37.6 Å². The minimum Gasteiger partial charge on any atom is -0.481 e. The molecule has 0 unspecified atom stereocenters. The topological polar surface area (TPSA) is 147 Å². The van der Waals surface area contributed by atoms with Gasteiger partial charge in [-0.2, -0.15) is 5.10 Å². The molecule has 0 radical (unpaired) electrons. The number of hydrogen-bond acceptors (Lipinski definition) is 8. The number of aromatic nitrogens is 3. The lowest BCUT2D eigenvalue weighted by Crippen LogP contribution is -2.31. The van der Waals surface area contributed by atoms with Gasteiger partial charge in [0.1, 0.15) is 6.33 Å². The Bertz CT molecular complexity index is 1140. The first-order valence-corrected chi connectivity index (χ1v) is 13.1. The van der Waals surface area contributed by atoms with Crippen LogP contribution in [0.4, 0.5) is 5.69 Å². The average molecular weight is 527 g/mol. The summed E-state index contributed by atoms with van der Waals surface area (Å²) in [6, 6.07) is 15.0. The van der Waals surface area contributed by atoms with Crippen LogP contribution >= 0.6 is 11.8 Å². The van der Waals surface area contributed by atoms with E-state index in [0.29, 0.717) is 30.7 Å². The first-order chi connectivity index (χ1) is 18.0. The molecule has 1 amide bonds. The summed E-state index contributed by atoms with van der Waals surface area (Å²) in [5.41, 5.74) is 3.32. The summed E-state index contributed by atoms with van der Waals surface area (Å²) in [5, 5.41) is 28.4. The fraction of sp³-hybridized carbons (Fsp3) is 0.385. The molecule has 1 aliphatic heterocycles. The quantitative estimate of drug-likeness (QED) is 0.201. The number of carbonyl (C=O) groups is 2. The van der Waals surface area contributed by atoms with E-state index < -0.39 is 12.3 Å². The first kappa shape index (κ1) is 26.8. The molecule has 0 aliphatic carbocycles. The first-order valence-electron chi connectivity index (χ1n) is 12.1. The third-order valence-corrected chi connectivity index (χ3v) is 6.93. The summed E-state index contributed by atoms with van der Waals surface area (Å²) in [4.78, 5) is 26.9. The van der Waals surface area contributed by atoms with Crippen molar-refractivity contribution in [3.8, 4) is 0 Å². The van der Waals surface area contributed by atoms with Gasteiger partial charge in [0, 0.05) is 36.3 Å². The summed E-state index contributed by atoms with van der Waals surface area (Å²) in [6.07, 6.45) is 2.55. The zero-order valence-corrected chi connectivity index (χ0v) is 21.0. The highest BCUT2D eigenvalue weighted by molar-refractivity contribution is 7.99. The monoisotopic (exact) mass is 526 g/mol. The Labute approximate surface area is 218 Å². The Hall–Kier alpha value is -3.25. The van der Waals surface area contributed by atoms with Crippen LogP contribution in [0.2, 0.25) is 0 Å². The molecule has 1 fully saturated rings. The van der Waals surface area contributed by atoms with Crippen molar-refractivity contribution in [1.29, 1.82) is 0 Å². The maximum absolute atomic E-state index is 12.2. The number of carboxylic acid groups (broad SMARTS) is 1. The number of carboxylic acids is 1. The molecule has 0 saturated carbocycles. The molecule has 4 N–H and O–H groups in total. The number of unbranched alkanes of at least 4 members (excludes halogenated alkanes) is 1. The molecule has 2 aromatic carbocycles. The van der Waals surface area contributed by atoms with Crippen LogP contribution in [0.15, 0.2) is 60.0 Å². The van der Waals surface area contributed by atoms with Crippen molar-refractivity contribution in [2.45, 2.75) is 62.4 Å². The number of nitrogens with one attached hydrogen (secondary N) is 2. The van der Waals surface area contributed by atoms with Crippen LogP contribution in [0.1, 0.15) is 61.2 Å². The van der Waals surface area contributed by atoms with Crippen molar-refractivity contribution in [3.05, 3.63) is 71.5 Å². The molecule has 196 valence electrons. The van der Waals surface area contributed by atoms with Crippen LogP contribution in [-0.2, 0) is 25.7 Å². The number of anilines is 1. The number of H-pyrrole nitrogens is 1. The predicted molar refractivity (Wildman–Crippen MR) is 137 cm³/mol. The highest BCUT2D eigenvalue weighted by atomic mass is 32.2. The molecule has 1 saturated heterocycles. The van der Waals surface area contributed by atoms with Crippen molar-refractivity contribution >= 4 is 29.3 Å². The molecule has 11 heteroatoms. The molecule has 4 rings (SSSR count). The van der Waals surface area contributed by atoms with E-state index in [4.69, 9.17) is 14.6 Å². The fourth-order valence-electron chi connectivity index (χ4n) is 3.97. The maximum atomic E-state index is 12.2. The molecule has 1 aromatic heterocycles. The molecule has 10 nitrogen and oxygen atoms in total. The summed E-state index contributed by atoms with van der Waals surface area (Å²) >= 11 is 1.53. The van der Waals surface area contributed by atoms with Crippen molar-refractivity contribution in [1.82, 2.24) is 15.2 Å². The molecule has 37 heavy (non-hydrogen) atoms. The molecular formula is C26H30N4O6S. The van der Waals surface area contributed by atoms with Crippen LogP contribution in [0.5, 0.6) is 0 Å². The SMILES string of the molecule is O=C(O)CCCCC(=O)Nc1ccc([C@@H]2O[C@H](CSc3ncn[nH]3)C[C@H](c3ccc(CO)cc3)O2)cc1. The van der Waals surface area contributed by atoms with Gasteiger partial charge in [-0.05, 0) is 36.1 Å². The van der Waals surface area contributed by atoms with E-state index in [1.54, 1.807) is 12.1 Å². The third-order valence-electron chi connectivity index (χ3n) is 5.92. The number of aliphatic hydroxyl groups is 1. The minimum absolute atomic E-state index is 0.0147. The number of rotatable bonds is 12. The van der Waals surface area contributed by atoms with Gasteiger partial charge in [-0.25, -0.2) is 4.98 Å². The van der Waals surface area contributed by atoms with Gasteiger partial charge < -0.3 is 25.0 Å². The smallest absolute Gasteiger partial charge is 0.303 e. The number of nitrogens with zero attached hydrogens (tertiary/aromatic N) is 2. The summed E-state index contributed by atoms with van der Waals surface area (Å²) in [5.74, 6) is -0.346. The highest BCUT2D eigenvalue weighted by Crippen LogP contribution is 2.39. The number of aliphatic hydroxyl groups excluding tert-OH is 1. The molecule has 3 aromatic rings. The number of aromatic amines is 1. The lowest BCUT2D eigenvalue weighted by atomic mass is 10.0. The van der Waals surface area contributed by atoms with E-state index >= 15 is 0 Å². The van der Waals surface area contributed by atoms with Crippen LogP contribution < -0.4 is 5.32 Å². The molecule has 2 heterocycles. The number of benzene rings is 2. The second-order valence-corrected chi connectivity index (χ2v) is 9.73. The number of thioether (sulfide) groups is 1. The van der Waals surface area contributed by atoms with Crippen LogP contribution in [0.25, 0.3) is 0 Å². The van der Waals surface area contributed by atoms with E-state index in [9.17, 15) is 14.7 Å². The van der Waals surface area contributed by atoms with Gasteiger partial charge in [0.2, 0.25) is 5.91 Å². The van der Waals surface area contributed by atoms with Crippen molar-refractivity contribution in [2.24, 2.45) is 0 Å². The van der Waals surface area contributed by atoms with E-state index in [1.165, 1.54) is 18.1 Å². The highest BCUT2D eigenvalue weighted by Gasteiger charge is 2.32. The Balaban J connectivity index is 1.40. The molecular weight excluding hydrogens is 496 g/mol. The Morgan fingerprint density at radius 3 is 2.43 bits per heavy atom. The standard InChI is InChI=1S/C26H30N4O6S/c31-14-17-5-7-18(8-6-17)22-13-21(15-37-26-27-16-28-30-26)35-25(36-22)19-9-11-20(12-10-19)29-23(32)3-1-2-4-24(33)34/h5-12,16,21-22,25,31H,1-4,13-15H2,(H,29,32)(H,33,34)(H,27,28,30)/t21-,22+,25+/m0/s1. The van der Waals surface area contributed by atoms with E-state index in [2.05, 4.69) is 20.5 Å². The van der Waals surface area contributed by atoms with Gasteiger partial charge in [-0.15, -0.1) is 0 Å². The van der Waals surface area contributed by atoms with E-state index in [1.807, 2.05) is 36.4 Å². The normalized spacial score (nSPS) is 19.4. The zero-order chi connectivity index (χ0) is 26.0. The van der Waals surface area contributed by atoms with Crippen LogP contribution in [-0.4, -0.2) is 49.1 Å². The lowest BCUT2D eigenvalue weighted by Gasteiger charge is -2.36. The van der Waals surface area contributed by atoms with E-state index in [0.717, 1.165) is 21.8 Å². The lowest BCUT2D eigenvalue weighted by molar-refractivity contribution is -0.245. The molecule has 3 atom stereocenters. The summed E-state index contributed by atoms with van der Waals surface area (Å²) in [6.45, 7) is -0.0147. The minimum atomic E-state index is -0.855. The molecule has 0 spiro atoms. The van der Waals surface area contributed by atoms with Crippen molar-refractivity contribution < 1.29 is 29.3 Å². The third kappa shape index (κ3) is 8.12. The van der Waals surface area contributed by atoms with Crippen LogP contribution in [0.3, 0.4) is 0 Å². The van der Waals surface area contributed by atoms with Gasteiger partial charge in [0.15, 0.2) is 11.4 Å². The largest absolute Gasteiger partial charge is 0.481 e. The van der Waals surface area contributed by atoms with Crippen LogP contribution in [0, 0.1) is 0 Å². The fourth-order valence-corrected chi connectivity index (χ4v) is 4.76. The number of hydrogen-bond donors (Lipinski definition) is 4. The molecule has 0 bridgehead atoms. The average Bonchev–Trinajstić information content (AvgIpc) is 3.44. The van der Waals surface area contributed by atoms with Gasteiger partial charge in [-0.3, -0.25) is 14.7 Å².